The quantitative estimate of drug-likeness (QED) is 0.396. The molecule has 0 unspecified atom stereocenters. The molecule has 4 rings (SSSR count). The molecule has 0 aliphatic carbocycles. The molecule has 40 heavy (non-hydrogen) atoms. The number of nitrogens with zero attached hydrogens (tertiary/aromatic N) is 5. The number of hydrogen-bond acceptors (Lipinski definition) is 6. The molecule has 0 bridgehead atoms. The lowest BCUT2D eigenvalue weighted by Gasteiger charge is -2.42. The van der Waals surface area contributed by atoms with E-state index in [4.69, 9.17) is 5.26 Å². The molecule has 2 aromatic heterocycles. The number of pyridine rings is 2. The normalized spacial score (nSPS) is 14.9. The second-order valence-electron chi connectivity index (χ2n) is 10.6. The van der Waals surface area contributed by atoms with Gasteiger partial charge >= 0.3 is 0 Å². The van der Waals surface area contributed by atoms with Gasteiger partial charge in [-0.25, -0.2) is 13.8 Å². The molecule has 9 heteroatoms. The van der Waals surface area contributed by atoms with Crippen LogP contribution in [-0.2, 0) is 6.54 Å². The Hall–Kier alpha value is -3.90. The van der Waals surface area contributed by atoms with Gasteiger partial charge in [0.15, 0.2) is 11.6 Å². The van der Waals surface area contributed by atoms with E-state index >= 15 is 0 Å². The predicted octanol–water partition coefficient (Wildman–Crippen LogP) is 5.23. The number of halogens is 2. The number of amides is 1. The van der Waals surface area contributed by atoms with E-state index in [2.05, 4.69) is 32.0 Å². The topological polar surface area (TPSA) is 85.2 Å². The number of nitriles is 1. The van der Waals surface area contributed by atoms with Crippen molar-refractivity contribution in [2.24, 2.45) is 0 Å². The highest BCUT2D eigenvalue weighted by molar-refractivity contribution is 5.96. The molecule has 210 valence electrons. The number of carbonyl (C=O) groups is 1. The Morgan fingerprint density at radius 2 is 1.90 bits per heavy atom. The zero-order valence-electron chi connectivity index (χ0n) is 23.5. The van der Waals surface area contributed by atoms with Crippen LogP contribution in [0.5, 0.6) is 0 Å². The highest BCUT2D eigenvalue weighted by atomic mass is 19.2. The van der Waals surface area contributed by atoms with E-state index in [-0.39, 0.29) is 18.0 Å². The standard InChI is InChI=1S/C31H36F2N6O/c1-20-7-11-35-18-24(20)19-39(27-5-6-28(32)29(33)16-27)26-9-13-38(14-10-26)22(3)8-12-36-31(40)30-21(2)15-25(17-34)37-23(30)4/h5-7,11,15-16,18,22,26H,8-10,12-14,19H2,1-4H3,(H,36,40)/t22-/m1/s1. The lowest BCUT2D eigenvalue weighted by Crippen LogP contribution is -2.48. The van der Waals surface area contributed by atoms with Crippen molar-refractivity contribution in [3.63, 3.8) is 0 Å². The predicted molar refractivity (Wildman–Crippen MR) is 151 cm³/mol. The molecule has 1 amide bonds. The van der Waals surface area contributed by atoms with E-state index in [0.29, 0.717) is 35.7 Å². The van der Waals surface area contributed by atoms with E-state index in [0.717, 1.165) is 49.0 Å². The third kappa shape index (κ3) is 6.80. The number of nitrogens with one attached hydrogen (secondary N) is 1. The van der Waals surface area contributed by atoms with Gasteiger partial charge in [-0.2, -0.15) is 5.26 Å². The fraction of sp³-hybridized carbons (Fsp3) is 0.419. The monoisotopic (exact) mass is 546 g/mol. The van der Waals surface area contributed by atoms with Crippen LogP contribution in [0.25, 0.3) is 0 Å². The second kappa shape index (κ2) is 13.0. The zero-order chi connectivity index (χ0) is 28.8. The van der Waals surface area contributed by atoms with Crippen LogP contribution in [0.4, 0.5) is 14.5 Å². The third-order valence-corrected chi connectivity index (χ3v) is 7.87. The van der Waals surface area contributed by atoms with E-state index in [1.165, 1.54) is 12.1 Å². The van der Waals surface area contributed by atoms with Crippen molar-refractivity contribution >= 4 is 11.6 Å². The minimum Gasteiger partial charge on any atom is -0.364 e. The van der Waals surface area contributed by atoms with Gasteiger partial charge in [0.2, 0.25) is 0 Å². The van der Waals surface area contributed by atoms with Crippen LogP contribution >= 0.6 is 0 Å². The number of rotatable bonds is 9. The highest BCUT2D eigenvalue weighted by Gasteiger charge is 2.28. The van der Waals surface area contributed by atoms with E-state index in [1.54, 1.807) is 25.3 Å². The Balaban J connectivity index is 1.35. The van der Waals surface area contributed by atoms with Gasteiger partial charge in [-0.15, -0.1) is 0 Å². The van der Waals surface area contributed by atoms with Gasteiger partial charge in [0, 0.05) is 62.4 Å². The number of benzene rings is 1. The summed E-state index contributed by atoms with van der Waals surface area (Å²) < 4.78 is 27.9. The van der Waals surface area contributed by atoms with Gasteiger partial charge < -0.3 is 15.1 Å². The fourth-order valence-corrected chi connectivity index (χ4v) is 5.48. The maximum atomic E-state index is 14.2. The van der Waals surface area contributed by atoms with E-state index in [1.807, 2.05) is 32.2 Å². The number of aryl methyl sites for hydroxylation is 3. The second-order valence-corrected chi connectivity index (χ2v) is 10.6. The number of aromatic nitrogens is 2. The SMILES string of the molecule is Cc1ccncc1CN(c1ccc(F)c(F)c1)C1CCN([C@H](C)CCNC(=O)c2c(C)cc(C#N)nc2C)CC1. The van der Waals surface area contributed by atoms with Gasteiger partial charge in [-0.3, -0.25) is 9.78 Å². The van der Waals surface area contributed by atoms with Crippen LogP contribution in [0, 0.1) is 43.7 Å². The smallest absolute Gasteiger partial charge is 0.253 e. The van der Waals surface area contributed by atoms with Crippen LogP contribution in [0.2, 0.25) is 0 Å². The van der Waals surface area contributed by atoms with Crippen molar-refractivity contribution in [2.75, 3.05) is 24.5 Å². The minimum absolute atomic E-state index is 0.169. The summed E-state index contributed by atoms with van der Waals surface area (Å²) in [4.78, 5) is 25.9. The van der Waals surface area contributed by atoms with Gasteiger partial charge in [0.25, 0.3) is 5.91 Å². The van der Waals surface area contributed by atoms with Crippen molar-refractivity contribution < 1.29 is 13.6 Å². The molecule has 7 nitrogen and oxygen atoms in total. The third-order valence-electron chi connectivity index (χ3n) is 7.87. The van der Waals surface area contributed by atoms with Crippen LogP contribution in [0.3, 0.4) is 0 Å². The molecule has 0 spiro atoms. The lowest BCUT2D eigenvalue weighted by atomic mass is 9.99. The molecule has 1 aliphatic rings. The van der Waals surface area contributed by atoms with Crippen molar-refractivity contribution in [3.8, 4) is 6.07 Å². The summed E-state index contributed by atoms with van der Waals surface area (Å²) in [5.41, 5.74) is 4.95. The van der Waals surface area contributed by atoms with Crippen LogP contribution in [-0.4, -0.2) is 52.5 Å². The Kier molecular flexibility index (Phi) is 9.43. The number of hydrogen-bond donors (Lipinski definition) is 1. The van der Waals surface area contributed by atoms with Gasteiger partial charge in [-0.05, 0) is 87.9 Å². The molecule has 1 aliphatic heterocycles. The van der Waals surface area contributed by atoms with Crippen molar-refractivity contribution in [1.82, 2.24) is 20.2 Å². The zero-order valence-corrected chi connectivity index (χ0v) is 23.5. The van der Waals surface area contributed by atoms with Crippen molar-refractivity contribution in [2.45, 2.75) is 65.6 Å². The summed E-state index contributed by atoms with van der Waals surface area (Å²) >= 11 is 0. The molecule has 0 saturated carbocycles. The number of likely N-dealkylation sites (tertiary alicyclic amines) is 1. The molecule has 1 saturated heterocycles. The summed E-state index contributed by atoms with van der Waals surface area (Å²) in [7, 11) is 0. The molecule has 0 radical (unpaired) electrons. The largest absolute Gasteiger partial charge is 0.364 e. The summed E-state index contributed by atoms with van der Waals surface area (Å²) in [5, 5.41) is 12.1. The average Bonchev–Trinajstić information content (AvgIpc) is 2.94. The summed E-state index contributed by atoms with van der Waals surface area (Å²) in [5.74, 6) is -1.87. The minimum atomic E-state index is -0.849. The maximum Gasteiger partial charge on any atom is 0.253 e. The highest BCUT2D eigenvalue weighted by Crippen LogP contribution is 2.28. The first-order valence-corrected chi connectivity index (χ1v) is 13.7. The molecule has 1 N–H and O–H groups in total. The van der Waals surface area contributed by atoms with Crippen molar-refractivity contribution in [3.05, 3.63) is 88.0 Å². The lowest BCUT2D eigenvalue weighted by molar-refractivity contribution is 0.0943. The Morgan fingerprint density at radius 3 is 2.55 bits per heavy atom. The first kappa shape index (κ1) is 29.1. The first-order chi connectivity index (χ1) is 19.2. The Bertz CT molecular complexity index is 1370. The van der Waals surface area contributed by atoms with Crippen LogP contribution in [0.1, 0.15) is 64.6 Å². The average molecular weight is 547 g/mol. The maximum absolute atomic E-state index is 14.2. The summed E-state index contributed by atoms with van der Waals surface area (Å²) in [6.45, 7) is 10.6. The Morgan fingerprint density at radius 1 is 1.15 bits per heavy atom. The number of piperidine rings is 1. The first-order valence-electron chi connectivity index (χ1n) is 13.7. The molecule has 3 heterocycles. The molecule has 3 aromatic rings. The summed E-state index contributed by atoms with van der Waals surface area (Å²) in [6.07, 6.45) is 6.14. The summed E-state index contributed by atoms with van der Waals surface area (Å²) in [6, 6.07) is 10.2. The fourth-order valence-electron chi connectivity index (χ4n) is 5.48. The number of anilines is 1. The Labute approximate surface area is 234 Å². The van der Waals surface area contributed by atoms with E-state index in [9.17, 15) is 13.6 Å². The molecule has 1 fully saturated rings. The van der Waals surface area contributed by atoms with Gasteiger partial charge in [0.1, 0.15) is 11.8 Å². The molecule has 1 aromatic carbocycles. The van der Waals surface area contributed by atoms with Gasteiger partial charge in [0.05, 0.1) is 11.3 Å². The van der Waals surface area contributed by atoms with Gasteiger partial charge in [-0.1, -0.05) is 0 Å². The molecule has 1 atom stereocenters. The van der Waals surface area contributed by atoms with E-state index < -0.39 is 11.6 Å². The van der Waals surface area contributed by atoms with Crippen molar-refractivity contribution in [1.29, 1.82) is 5.26 Å². The molecular weight excluding hydrogens is 510 g/mol. The van der Waals surface area contributed by atoms with Crippen LogP contribution < -0.4 is 10.2 Å². The molecular formula is C31H36F2N6O. The number of carbonyl (C=O) groups excluding carboxylic acids is 1. The van der Waals surface area contributed by atoms with Crippen LogP contribution in [0.15, 0.2) is 42.7 Å².